The smallest absolute Gasteiger partial charge is 0.259 e. The van der Waals surface area contributed by atoms with Crippen molar-refractivity contribution in [2.45, 2.75) is 19.9 Å². The summed E-state index contributed by atoms with van der Waals surface area (Å²) in [5, 5.41) is 9.58. The number of halogens is 1. The van der Waals surface area contributed by atoms with Crippen LogP contribution in [0.2, 0.25) is 0 Å². The second kappa shape index (κ2) is 5.73. The third-order valence-corrected chi connectivity index (χ3v) is 2.91. The van der Waals surface area contributed by atoms with Gasteiger partial charge < -0.3 is 10.6 Å². The largest absolute Gasteiger partial charge is 0.385 e. The number of carbonyl (C=O) groups excluding carboxylic acids is 1. The summed E-state index contributed by atoms with van der Waals surface area (Å²) in [7, 11) is 1.58. The van der Waals surface area contributed by atoms with Gasteiger partial charge in [0.1, 0.15) is 11.6 Å². The van der Waals surface area contributed by atoms with Crippen molar-refractivity contribution in [2.75, 3.05) is 17.7 Å². The van der Waals surface area contributed by atoms with Gasteiger partial charge in [0.15, 0.2) is 0 Å². The fourth-order valence-electron chi connectivity index (χ4n) is 1.98. The Balaban J connectivity index is 2.29. The molecule has 1 heterocycles. The normalized spacial score (nSPS) is 10.7. The van der Waals surface area contributed by atoms with Crippen molar-refractivity contribution in [3.05, 3.63) is 41.8 Å². The van der Waals surface area contributed by atoms with Crippen LogP contribution in [0.25, 0.3) is 0 Å². The summed E-state index contributed by atoms with van der Waals surface area (Å²) in [6.45, 7) is 3.92. The molecule has 5 nitrogen and oxygen atoms in total. The molecule has 6 heteroatoms. The molecule has 0 fully saturated rings. The maximum atomic E-state index is 13.6. The molecule has 1 amide bonds. The summed E-state index contributed by atoms with van der Waals surface area (Å²) in [4.78, 5) is 12.3. The number of amides is 1. The number of carbonyl (C=O) groups is 1. The minimum atomic E-state index is -0.461. The Bertz CT molecular complexity index is 621. The maximum absolute atomic E-state index is 13.6. The minimum absolute atomic E-state index is 0.122. The number of rotatable bonds is 4. The average molecular weight is 276 g/mol. The Hall–Kier alpha value is -2.37. The first-order valence-corrected chi connectivity index (χ1v) is 6.35. The van der Waals surface area contributed by atoms with Crippen molar-refractivity contribution in [2.24, 2.45) is 0 Å². The van der Waals surface area contributed by atoms with Gasteiger partial charge in [-0.3, -0.25) is 4.79 Å². The molecule has 106 valence electrons. The number of hydrogen-bond donors (Lipinski definition) is 2. The standard InChI is InChI=1S/C14H17FN4O/c1-9(2)19-12(7-8-17-19)18-14(20)10-5-4-6-11(15)13(10)16-3/h4-9,16H,1-3H3,(H,18,20). The lowest BCUT2D eigenvalue weighted by Gasteiger charge is -2.13. The quantitative estimate of drug-likeness (QED) is 0.902. The predicted molar refractivity (Wildman–Crippen MR) is 76.5 cm³/mol. The van der Waals surface area contributed by atoms with E-state index in [1.54, 1.807) is 30.1 Å². The van der Waals surface area contributed by atoms with Crippen molar-refractivity contribution in [3.8, 4) is 0 Å². The lowest BCUT2D eigenvalue weighted by Crippen LogP contribution is -2.18. The zero-order chi connectivity index (χ0) is 14.7. The first-order chi connectivity index (χ1) is 9.54. The van der Waals surface area contributed by atoms with Crippen LogP contribution in [-0.2, 0) is 0 Å². The molecule has 1 aromatic carbocycles. The molecular formula is C14H17FN4O. The van der Waals surface area contributed by atoms with Gasteiger partial charge in [0.25, 0.3) is 5.91 Å². The van der Waals surface area contributed by atoms with Crippen molar-refractivity contribution in [1.82, 2.24) is 9.78 Å². The summed E-state index contributed by atoms with van der Waals surface area (Å²) < 4.78 is 15.3. The number of para-hydroxylation sites is 1. The van der Waals surface area contributed by atoms with Gasteiger partial charge in [0, 0.05) is 19.2 Å². The molecule has 0 aliphatic carbocycles. The number of anilines is 2. The van der Waals surface area contributed by atoms with Gasteiger partial charge in [-0.1, -0.05) is 6.07 Å². The molecule has 0 spiro atoms. The summed E-state index contributed by atoms with van der Waals surface area (Å²) in [5.74, 6) is -0.259. The zero-order valence-corrected chi connectivity index (χ0v) is 11.6. The van der Waals surface area contributed by atoms with E-state index in [9.17, 15) is 9.18 Å². The van der Waals surface area contributed by atoms with Gasteiger partial charge in [-0.15, -0.1) is 0 Å². The Kier molecular flexibility index (Phi) is 4.02. The Morgan fingerprint density at radius 3 is 2.75 bits per heavy atom. The van der Waals surface area contributed by atoms with Gasteiger partial charge >= 0.3 is 0 Å². The molecule has 2 N–H and O–H groups in total. The first kappa shape index (κ1) is 14.0. The molecule has 0 saturated carbocycles. The number of hydrogen-bond acceptors (Lipinski definition) is 3. The molecule has 0 saturated heterocycles. The van der Waals surface area contributed by atoms with E-state index in [0.717, 1.165) is 0 Å². The van der Waals surface area contributed by atoms with Crippen molar-refractivity contribution >= 4 is 17.4 Å². The fourth-order valence-corrected chi connectivity index (χ4v) is 1.98. The highest BCUT2D eigenvalue weighted by molar-refractivity contribution is 6.07. The van der Waals surface area contributed by atoms with Gasteiger partial charge in [0.2, 0.25) is 0 Å². The van der Waals surface area contributed by atoms with E-state index in [2.05, 4.69) is 15.7 Å². The molecule has 0 unspecified atom stereocenters. The van der Waals surface area contributed by atoms with Crippen LogP contribution in [0.15, 0.2) is 30.5 Å². The lowest BCUT2D eigenvalue weighted by atomic mass is 10.1. The molecule has 20 heavy (non-hydrogen) atoms. The highest BCUT2D eigenvalue weighted by Gasteiger charge is 2.16. The second-order valence-corrected chi connectivity index (χ2v) is 4.62. The van der Waals surface area contributed by atoms with Gasteiger partial charge in [-0.2, -0.15) is 5.10 Å². The average Bonchev–Trinajstić information content (AvgIpc) is 2.86. The third kappa shape index (κ3) is 2.64. The summed E-state index contributed by atoms with van der Waals surface area (Å²) in [6, 6.07) is 6.21. The van der Waals surface area contributed by atoms with Crippen molar-refractivity contribution < 1.29 is 9.18 Å². The number of nitrogens with one attached hydrogen (secondary N) is 2. The molecule has 0 atom stereocenters. The minimum Gasteiger partial charge on any atom is -0.385 e. The first-order valence-electron chi connectivity index (χ1n) is 6.35. The topological polar surface area (TPSA) is 59.0 Å². The van der Waals surface area contributed by atoms with Gasteiger partial charge in [-0.05, 0) is 26.0 Å². The molecule has 2 aromatic rings. The highest BCUT2D eigenvalue weighted by atomic mass is 19.1. The molecule has 0 aliphatic rings. The van der Waals surface area contributed by atoms with Crippen LogP contribution in [0.3, 0.4) is 0 Å². The summed E-state index contributed by atoms with van der Waals surface area (Å²) in [5.41, 5.74) is 0.435. The van der Waals surface area contributed by atoms with Crippen molar-refractivity contribution in [1.29, 1.82) is 0 Å². The SMILES string of the molecule is CNc1c(F)cccc1C(=O)Nc1ccnn1C(C)C. The van der Waals surface area contributed by atoms with Crippen LogP contribution in [0.4, 0.5) is 15.9 Å². The van der Waals surface area contributed by atoms with E-state index in [0.29, 0.717) is 5.82 Å². The van der Waals surface area contributed by atoms with Crippen LogP contribution >= 0.6 is 0 Å². The van der Waals surface area contributed by atoms with E-state index in [-0.39, 0.29) is 23.2 Å². The zero-order valence-electron chi connectivity index (χ0n) is 11.6. The lowest BCUT2D eigenvalue weighted by molar-refractivity contribution is 0.102. The Labute approximate surface area is 116 Å². The van der Waals surface area contributed by atoms with Gasteiger partial charge in [0.05, 0.1) is 17.4 Å². The van der Waals surface area contributed by atoms with E-state index < -0.39 is 5.82 Å². The number of nitrogens with zero attached hydrogens (tertiary/aromatic N) is 2. The second-order valence-electron chi connectivity index (χ2n) is 4.62. The van der Waals surface area contributed by atoms with Crippen LogP contribution in [-0.4, -0.2) is 22.7 Å². The van der Waals surface area contributed by atoms with E-state index in [1.807, 2.05) is 13.8 Å². The molecule has 2 rings (SSSR count). The molecular weight excluding hydrogens is 259 g/mol. The van der Waals surface area contributed by atoms with Crippen LogP contribution < -0.4 is 10.6 Å². The molecule has 0 aliphatic heterocycles. The highest BCUT2D eigenvalue weighted by Crippen LogP contribution is 2.21. The van der Waals surface area contributed by atoms with Gasteiger partial charge in [-0.25, -0.2) is 9.07 Å². The summed E-state index contributed by atoms with van der Waals surface area (Å²) >= 11 is 0. The maximum Gasteiger partial charge on any atom is 0.259 e. The monoisotopic (exact) mass is 276 g/mol. The molecule has 0 radical (unpaired) electrons. The molecule has 1 aromatic heterocycles. The summed E-state index contributed by atoms with van der Waals surface area (Å²) in [6.07, 6.45) is 1.61. The number of benzene rings is 1. The third-order valence-electron chi connectivity index (χ3n) is 2.91. The van der Waals surface area contributed by atoms with E-state index in [4.69, 9.17) is 0 Å². The predicted octanol–water partition coefficient (Wildman–Crippen LogP) is 2.90. The Morgan fingerprint density at radius 2 is 2.10 bits per heavy atom. The van der Waals surface area contributed by atoms with E-state index in [1.165, 1.54) is 12.1 Å². The molecule has 0 bridgehead atoms. The van der Waals surface area contributed by atoms with Crippen molar-refractivity contribution in [3.63, 3.8) is 0 Å². The van der Waals surface area contributed by atoms with Crippen LogP contribution in [0.1, 0.15) is 30.2 Å². The van der Waals surface area contributed by atoms with Crippen LogP contribution in [0, 0.1) is 5.82 Å². The number of aromatic nitrogens is 2. The van der Waals surface area contributed by atoms with E-state index >= 15 is 0 Å². The Morgan fingerprint density at radius 1 is 1.35 bits per heavy atom. The van der Waals surface area contributed by atoms with Crippen LogP contribution in [0.5, 0.6) is 0 Å². The fraction of sp³-hybridized carbons (Fsp3) is 0.286.